The zero-order valence-corrected chi connectivity index (χ0v) is 9.62. The Bertz CT molecular complexity index is 558. The monoisotopic (exact) mass is 245 g/mol. The number of ether oxygens (including phenoxy) is 1. The van der Waals surface area contributed by atoms with Crippen LogP contribution < -0.4 is 4.74 Å². The van der Waals surface area contributed by atoms with Gasteiger partial charge in [-0.25, -0.2) is 0 Å². The van der Waals surface area contributed by atoms with Gasteiger partial charge in [0.25, 0.3) is 0 Å². The van der Waals surface area contributed by atoms with Gasteiger partial charge in [0.2, 0.25) is 5.78 Å². The second-order valence-corrected chi connectivity index (χ2v) is 3.61. The molecule has 0 radical (unpaired) electrons. The molecule has 0 saturated heterocycles. The molecular weight excluding hydrogens is 234 g/mol. The van der Waals surface area contributed by atoms with E-state index < -0.39 is 5.78 Å². The quantitative estimate of drug-likeness (QED) is 0.805. The lowest BCUT2D eigenvalue weighted by atomic mass is 10.0. The number of nitrogens with zero attached hydrogens (tertiary/aromatic N) is 1. The molecule has 0 amide bonds. The van der Waals surface area contributed by atoms with Crippen molar-refractivity contribution in [1.29, 1.82) is 0 Å². The number of rotatable bonds is 3. The molecule has 0 bridgehead atoms. The van der Waals surface area contributed by atoms with Gasteiger partial charge in [-0.2, -0.15) is 0 Å². The fourth-order valence-electron chi connectivity index (χ4n) is 1.58. The SMILES string of the molecule is COc1cc(O)c(C(=O)c2cccnc2)c(O)c1. The highest BCUT2D eigenvalue weighted by atomic mass is 16.5. The minimum atomic E-state index is -0.499. The van der Waals surface area contributed by atoms with Crippen LogP contribution in [0.25, 0.3) is 0 Å². The molecular formula is C13H11NO4. The van der Waals surface area contributed by atoms with Crippen LogP contribution in [0.1, 0.15) is 15.9 Å². The number of pyridine rings is 1. The number of ketones is 1. The van der Waals surface area contributed by atoms with Crippen molar-refractivity contribution in [2.45, 2.75) is 0 Å². The van der Waals surface area contributed by atoms with Gasteiger partial charge in [-0.3, -0.25) is 9.78 Å². The zero-order valence-electron chi connectivity index (χ0n) is 9.62. The van der Waals surface area contributed by atoms with E-state index in [0.717, 1.165) is 0 Å². The Morgan fingerprint density at radius 1 is 1.28 bits per heavy atom. The Labute approximate surface area is 103 Å². The summed E-state index contributed by atoms with van der Waals surface area (Å²) in [6, 6.07) is 5.69. The topological polar surface area (TPSA) is 79.7 Å². The predicted molar refractivity (Wildman–Crippen MR) is 64.0 cm³/mol. The number of hydrogen-bond donors (Lipinski definition) is 2. The first-order valence-electron chi connectivity index (χ1n) is 5.18. The smallest absolute Gasteiger partial charge is 0.202 e. The van der Waals surface area contributed by atoms with Gasteiger partial charge < -0.3 is 14.9 Å². The van der Waals surface area contributed by atoms with Gasteiger partial charge in [-0.05, 0) is 12.1 Å². The van der Waals surface area contributed by atoms with E-state index in [2.05, 4.69) is 4.98 Å². The molecule has 2 N–H and O–H groups in total. The predicted octanol–water partition coefficient (Wildman–Crippen LogP) is 1.73. The number of benzene rings is 1. The molecule has 0 unspecified atom stereocenters. The summed E-state index contributed by atoms with van der Waals surface area (Å²) < 4.78 is 4.87. The van der Waals surface area contributed by atoms with Crippen molar-refractivity contribution in [3.8, 4) is 17.2 Å². The van der Waals surface area contributed by atoms with Crippen LogP contribution in [0.4, 0.5) is 0 Å². The third kappa shape index (κ3) is 2.10. The molecule has 1 aromatic heterocycles. The lowest BCUT2D eigenvalue weighted by Gasteiger charge is -2.08. The van der Waals surface area contributed by atoms with Crippen molar-refractivity contribution in [3.05, 3.63) is 47.8 Å². The molecule has 0 aliphatic carbocycles. The number of carbonyl (C=O) groups excluding carboxylic acids is 1. The van der Waals surface area contributed by atoms with E-state index in [0.29, 0.717) is 0 Å². The molecule has 18 heavy (non-hydrogen) atoms. The number of phenols is 2. The van der Waals surface area contributed by atoms with E-state index in [4.69, 9.17) is 4.74 Å². The van der Waals surface area contributed by atoms with Gasteiger partial charge in [0, 0.05) is 30.1 Å². The highest BCUT2D eigenvalue weighted by Gasteiger charge is 2.19. The van der Waals surface area contributed by atoms with Crippen LogP contribution in [0.3, 0.4) is 0 Å². The van der Waals surface area contributed by atoms with Crippen molar-refractivity contribution >= 4 is 5.78 Å². The lowest BCUT2D eigenvalue weighted by molar-refractivity contribution is 0.103. The molecule has 2 rings (SSSR count). The molecule has 0 spiro atoms. The first-order valence-corrected chi connectivity index (χ1v) is 5.18. The number of aromatic nitrogens is 1. The van der Waals surface area contributed by atoms with Gasteiger partial charge in [0.05, 0.1) is 7.11 Å². The average molecular weight is 245 g/mol. The standard InChI is InChI=1S/C13H11NO4/c1-18-9-5-10(15)12(11(16)6-9)13(17)8-3-2-4-14-7-8/h2-7,15-16H,1H3. The van der Waals surface area contributed by atoms with Gasteiger partial charge in [0.1, 0.15) is 22.8 Å². The third-order valence-electron chi connectivity index (χ3n) is 2.46. The van der Waals surface area contributed by atoms with Gasteiger partial charge in [0.15, 0.2) is 0 Å². The largest absolute Gasteiger partial charge is 0.507 e. The number of phenolic OH excluding ortho intramolecular Hbond substituents is 2. The Morgan fingerprint density at radius 2 is 1.94 bits per heavy atom. The van der Waals surface area contributed by atoms with Crippen molar-refractivity contribution in [2.24, 2.45) is 0 Å². The molecule has 0 saturated carbocycles. The normalized spacial score (nSPS) is 10.1. The van der Waals surface area contributed by atoms with E-state index >= 15 is 0 Å². The molecule has 0 fully saturated rings. The number of carbonyl (C=O) groups is 1. The number of aromatic hydroxyl groups is 2. The minimum absolute atomic E-state index is 0.163. The van der Waals surface area contributed by atoms with Gasteiger partial charge in [-0.1, -0.05) is 0 Å². The van der Waals surface area contributed by atoms with E-state index in [1.165, 1.54) is 31.6 Å². The van der Waals surface area contributed by atoms with E-state index in [-0.39, 0.29) is 28.4 Å². The Balaban J connectivity index is 2.49. The minimum Gasteiger partial charge on any atom is -0.507 e. The molecule has 0 aliphatic rings. The molecule has 1 heterocycles. The molecule has 0 aliphatic heterocycles. The lowest BCUT2D eigenvalue weighted by Crippen LogP contribution is -2.03. The summed E-state index contributed by atoms with van der Waals surface area (Å²) in [4.78, 5) is 15.9. The molecule has 0 atom stereocenters. The molecule has 2 aromatic rings. The van der Waals surface area contributed by atoms with Crippen LogP contribution in [0.5, 0.6) is 17.2 Å². The zero-order chi connectivity index (χ0) is 13.1. The summed E-state index contributed by atoms with van der Waals surface area (Å²) in [7, 11) is 1.40. The summed E-state index contributed by atoms with van der Waals surface area (Å²) in [5.74, 6) is -0.894. The fourth-order valence-corrected chi connectivity index (χ4v) is 1.58. The van der Waals surface area contributed by atoms with Crippen LogP contribution in [0.15, 0.2) is 36.7 Å². The maximum atomic E-state index is 12.1. The molecule has 92 valence electrons. The fraction of sp³-hybridized carbons (Fsp3) is 0.0769. The van der Waals surface area contributed by atoms with Crippen LogP contribution in [-0.2, 0) is 0 Å². The third-order valence-corrected chi connectivity index (χ3v) is 2.46. The van der Waals surface area contributed by atoms with Crippen molar-refractivity contribution in [2.75, 3.05) is 7.11 Å². The second-order valence-electron chi connectivity index (χ2n) is 3.61. The number of hydrogen-bond acceptors (Lipinski definition) is 5. The highest BCUT2D eigenvalue weighted by molar-refractivity contribution is 6.12. The Kier molecular flexibility index (Phi) is 3.14. The van der Waals surface area contributed by atoms with Gasteiger partial charge in [-0.15, -0.1) is 0 Å². The van der Waals surface area contributed by atoms with E-state index in [1.807, 2.05) is 0 Å². The van der Waals surface area contributed by atoms with Crippen molar-refractivity contribution in [1.82, 2.24) is 4.98 Å². The Morgan fingerprint density at radius 3 is 2.44 bits per heavy atom. The summed E-state index contributed by atoms with van der Waals surface area (Å²) in [5, 5.41) is 19.5. The summed E-state index contributed by atoms with van der Waals surface area (Å²) in [5.41, 5.74) is 0.122. The first-order chi connectivity index (χ1) is 8.63. The average Bonchev–Trinajstić information content (AvgIpc) is 2.38. The maximum absolute atomic E-state index is 12.1. The van der Waals surface area contributed by atoms with Gasteiger partial charge >= 0.3 is 0 Å². The van der Waals surface area contributed by atoms with Crippen LogP contribution >= 0.6 is 0 Å². The number of methoxy groups -OCH3 is 1. The summed E-state index contributed by atoms with van der Waals surface area (Å²) >= 11 is 0. The summed E-state index contributed by atoms with van der Waals surface area (Å²) in [6.45, 7) is 0. The van der Waals surface area contributed by atoms with Crippen LogP contribution in [-0.4, -0.2) is 28.1 Å². The van der Waals surface area contributed by atoms with Crippen molar-refractivity contribution < 1.29 is 19.7 Å². The van der Waals surface area contributed by atoms with Crippen LogP contribution in [0, 0.1) is 0 Å². The highest BCUT2D eigenvalue weighted by Crippen LogP contribution is 2.33. The van der Waals surface area contributed by atoms with E-state index in [9.17, 15) is 15.0 Å². The molecule has 5 nitrogen and oxygen atoms in total. The molecule has 5 heteroatoms. The summed E-state index contributed by atoms with van der Waals surface area (Å²) in [6.07, 6.45) is 2.90. The van der Waals surface area contributed by atoms with Crippen molar-refractivity contribution in [3.63, 3.8) is 0 Å². The second kappa shape index (κ2) is 4.75. The first kappa shape index (κ1) is 11.9. The Hall–Kier alpha value is -2.56. The van der Waals surface area contributed by atoms with Crippen LogP contribution in [0.2, 0.25) is 0 Å². The maximum Gasteiger partial charge on any atom is 0.202 e. The van der Waals surface area contributed by atoms with E-state index in [1.54, 1.807) is 12.1 Å². The molecule has 1 aromatic carbocycles.